The minimum atomic E-state index is -0.246. The number of furan rings is 1. The fourth-order valence-corrected chi connectivity index (χ4v) is 0.989. The third kappa shape index (κ3) is 1.03. The van der Waals surface area contributed by atoms with Gasteiger partial charge in [0.05, 0.1) is 5.48 Å². The van der Waals surface area contributed by atoms with Crippen LogP contribution in [-0.2, 0) is 6.42 Å². The lowest BCUT2D eigenvalue weighted by molar-refractivity contribution is 0.557. The van der Waals surface area contributed by atoms with Crippen molar-refractivity contribution in [3.8, 4) is 0 Å². The Morgan fingerprint density at radius 1 is 1.45 bits per heavy atom. The van der Waals surface area contributed by atoms with E-state index in [0.717, 1.165) is 0 Å². The van der Waals surface area contributed by atoms with Crippen LogP contribution >= 0.6 is 0 Å². The average molecular weight is 150 g/mol. The molecule has 0 bridgehead atoms. The van der Waals surface area contributed by atoms with E-state index in [4.69, 9.17) is 9.90 Å². The Morgan fingerprint density at radius 2 is 2.27 bits per heavy atom. The topological polar surface area (TPSA) is 13.1 Å². The fourth-order valence-electron chi connectivity index (χ4n) is 0.989. The molecule has 1 aromatic heterocycles. The highest BCUT2D eigenvalue weighted by atomic mass is 16.3. The van der Waals surface area contributed by atoms with E-state index in [-0.39, 0.29) is 29.8 Å². The Kier molecular flexibility index (Phi) is 0.757. The van der Waals surface area contributed by atoms with E-state index in [1.807, 2.05) is 6.92 Å². The fraction of sp³-hybridized carbons (Fsp3) is 0.200. The molecule has 56 valence electrons. The molecule has 0 aliphatic carbocycles. The van der Waals surface area contributed by atoms with Crippen molar-refractivity contribution in [2.75, 3.05) is 0 Å². The van der Waals surface area contributed by atoms with Gasteiger partial charge in [0.1, 0.15) is 11.3 Å². The van der Waals surface area contributed by atoms with E-state index in [0.29, 0.717) is 17.6 Å². The number of fused-ring (bicyclic) bond motifs is 1. The SMILES string of the molecule is [2H]c1c([2H])c([2H])c2oc(CC)cc2c1[2H]. The van der Waals surface area contributed by atoms with Gasteiger partial charge >= 0.3 is 0 Å². The van der Waals surface area contributed by atoms with Crippen molar-refractivity contribution >= 4 is 11.0 Å². The molecule has 0 saturated heterocycles. The van der Waals surface area contributed by atoms with Crippen LogP contribution in [0.1, 0.15) is 18.2 Å². The van der Waals surface area contributed by atoms with Crippen molar-refractivity contribution in [2.24, 2.45) is 0 Å². The van der Waals surface area contributed by atoms with Crippen molar-refractivity contribution in [2.45, 2.75) is 13.3 Å². The van der Waals surface area contributed by atoms with Crippen LogP contribution in [0.15, 0.2) is 34.7 Å². The second-order valence-corrected chi connectivity index (χ2v) is 2.31. The molecule has 0 amide bonds. The maximum absolute atomic E-state index is 7.66. The van der Waals surface area contributed by atoms with Crippen LogP contribution in [0.2, 0.25) is 0 Å². The molecule has 0 aliphatic heterocycles. The minimum Gasteiger partial charge on any atom is -0.461 e. The maximum atomic E-state index is 7.66. The van der Waals surface area contributed by atoms with Crippen LogP contribution in [0.25, 0.3) is 11.0 Å². The third-order valence-electron chi connectivity index (χ3n) is 1.57. The van der Waals surface area contributed by atoms with Crippen LogP contribution in [0, 0.1) is 0 Å². The van der Waals surface area contributed by atoms with Gasteiger partial charge in [0.2, 0.25) is 0 Å². The molecule has 0 spiro atoms. The number of hydrogen-bond donors (Lipinski definition) is 0. The summed E-state index contributed by atoms with van der Waals surface area (Å²) in [6.45, 7) is 1.91. The average Bonchev–Trinajstić information content (AvgIpc) is 2.67. The number of benzene rings is 1. The van der Waals surface area contributed by atoms with E-state index < -0.39 is 0 Å². The summed E-state index contributed by atoms with van der Waals surface area (Å²) in [7, 11) is 0. The van der Waals surface area contributed by atoms with Gasteiger partial charge in [-0.2, -0.15) is 0 Å². The van der Waals surface area contributed by atoms with Crippen LogP contribution in [0.5, 0.6) is 0 Å². The summed E-state index contributed by atoms with van der Waals surface area (Å²) in [5.41, 5.74) is 0.248. The van der Waals surface area contributed by atoms with Crippen molar-refractivity contribution in [3.05, 3.63) is 36.0 Å². The van der Waals surface area contributed by atoms with Crippen LogP contribution < -0.4 is 0 Å². The normalized spacial score (nSPS) is 15.7. The van der Waals surface area contributed by atoms with Gasteiger partial charge in [0.25, 0.3) is 0 Å². The maximum Gasteiger partial charge on any atom is 0.134 e. The van der Waals surface area contributed by atoms with E-state index in [9.17, 15) is 0 Å². The molecule has 2 aromatic rings. The highest BCUT2D eigenvalue weighted by molar-refractivity contribution is 5.77. The standard InChI is InChI=1S/C10H10O/c1-2-9-7-8-5-3-4-6-10(8)11-9/h3-7H,2H2,1H3/i3D,4D,5D,6D. The lowest BCUT2D eigenvalue weighted by Crippen LogP contribution is -1.67. The Hall–Kier alpha value is -1.24. The summed E-state index contributed by atoms with van der Waals surface area (Å²) in [5.74, 6) is 0.678. The van der Waals surface area contributed by atoms with Gasteiger partial charge in [-0.15, -0.1) is 0 Å². The van der Waals surface area contributed by atoms with Crippen molar-refractivity contribution in [3.63, 3.8) is 0 Å². The first kappa shape index (κ1) is 3.44. The van der Waals surface area contributed by atoms with Crippen molar-refractivity contribution in [1.82, 2.24) is 0 Å². The molecule has 0 N–H and O–H groups in total. The van der Waals surface area contributed by atoms with E-state index in [1.54, 1.807) is 6.07 Å². The van der Waals surface area contributed by atoms with Gasteiger partial charge in [-0.05, 0) is 12.1 Å². The van der Waals surface area contributed by atoms with Gasteiger partial charge in [-0.25, -0.2) is 0 Å². The Morgan fingerprint density at radius 3 is 3.09 bits per heavy atom. The molecular weight excluding hydrogens is 136 g/mol. The van der Waals surface area contributed by atoms with Gasteiger partial charge in [0.15, 0.2) is 0 Å². The minimum absolute atomic E-state index is 0.0329. The molecular formula is C10H10O. The first-order valence-electron chi connectivity index (χ1n) is 5.55. The highest BCUT2D eigenvalue weighted by Crippen LogP contribution is 2.18. The first-order chi connectivity index (χ1) is 7.06. The van der Waals surface area contributed by atoms with E-state index in [2.05, 4.69) is 0 Å². The lowest BCUT2D eigenvalue weighted by atomic mass is 10.2. The van der Waals surface area contributed by atoms with Gasteiger partial charge in [-0.3, -0.25) is 0 Å². The van der Waals surface area contributed by atoms with Crippen molar-refractivity contribution < 1.29 is 9.90 Å². The molecule has 0 aliphatic rings. The molecule has 0 saturated carbocycles. The van der Waals surface area contributed by atoms with Crippen molar-refractivity contribution in [1.29, 1.82) is 0 Å². The largest absolute Gasteiger partial charge is 0.461 e. The summed E-state index contributed by atoms with van der Waals surface area (Å²) in [6.07, 6.45) is 0.675. The van der Waals surface area contributed by atoms with Gasteiger partial charge in [-0.1, -0.05) is 25.1 Å². The lowest BCUT2D eigenvalue weighted by Gasteiger charge is -1.83. The van der Waals surface area contributed by atoms with Gasteiger partial charge < -0.3 is 4.42 Å². The number of para-hydroxylation sites is 1. The highest BCUT2D eigenvalue weighted by Gasteiger charge is 1.98. The zero-order valence-corrected chi connectivity index (χ0v) is 6.19. The first-order valence-corrected chi connectivity index (χ1v) is 3.55. The summed E-state index contributed by atoms with van der Waals surface area (Å²) in [6, 6.07) is 1.08. The van der Waals surface area contributed by atoms with Gasteiger partial charge in [0, 0.05) is 11.8 Å². The summed E-state index contributed by atoms with van der Waals surface area (Å²) >= 11 is 0. The molecule has 11 heavy (non-hydrogen) atoms. The van der Waals surface area contributed by atoms with E-state index >= 15 is 0 Å². The molecule has 1 aromatic carbocycles. The predicted octanol–water partition coefficient (Wildman–Crippen LogP) is 3.00. The molecule has 0 fully saturated rings. The third-order valence-corrected chi connectivity index (χ3v) is 1.57. The molecule has 0 atom stereocenters. The molecule has 2 rings (SSSR count). The monoisotopic (exact) mass is 150 g/mol. The Balaban J connectivity index is 2.90. The number of aryl methyl sites for hydroxylation is 1. The quantitative estimate of drug-likeness (QED) is 0.609. The molecule has 1 nitrogen and oxygen atoms in total. The Labute approximate surface area is 71.3 Å². The molecule has 1 heterocycles. The second kappa shape index (κ2) is 2.42. The number of hydrogen-bond acceptors (Lipinski definition) is 1. The van der Waals surface area contributed by atoms with Crippen LogP contribution in [-0.4, -0.2) is 0 Å². The molecule has 0 radical (unpaired) electrons. The summed E-state index contributed by atoms with van der Waals surface area (Å²) in [4.78, 5) is 0. The zero-order chi connectivity index (χ0) is 11.2. The Bertz CT molecular complexity index is 485. The van der Waals surface area contributed by atoms with Crippen LogP contribution in [0.3, 0.4) is 0 Å². The smallest absolute Gasteiger partial charge is 0.134 e. The molecule has 1 heteroatoms. The predicted molar refractivity (Wildman–Crippen MR) is 45.6 cm³/mol. The van der Waals surface area contributed by atoms with E-state index in [1.165, 1.54) is 0 Å². The zero-order valence-electron chi connectivity index (χ0n) is 10.2. The summed E-state index contributed by atoms with van der Waals surface area (Å²) in [5, 5.41) is 0.456. The second-order valence-electron chi connectivity index (χ2n) is 2.31. The van der Waals surface area contributed by atoms with Crippen LogP contribution in [0.4, 0.5) is 0 Å². The number of rotatable bonds is 1. The summed E-state index contributed by atoms with van der Waals surface area (Å²) < 4.78 is 35.6. The molecule has 0 unspecified atom stereocenters.